The summed E-state index contributed by atoms with van der Waals surface area (Å²) < 4.78 is 7.46. The van der Waals surface area contributed by atoms with Crippen molar-refractivity contribution in [3.8, 4) is 5.75 Å². The number of thioether (sulfide) groups is 1. The predicted octanol–water partition coefficient (Wildman–Crippen LogP) is 4.32. The highest BCUT2D eigenvalue weighted by molar-refractivity contribution is 7.98. The predicted molar refractivity (Wildman–Crippen MR) is 91.3 cm³/mol. The van der Waals surface area contributed by atoms with Crippen LogP contribution in [-0.2, 0) is 12.4 Å². The number of rotatable bonds is 6. The zero-order valence-electron chi connectivity index (χ0n) is 11.6. The van der Waals surface area contributed by atoms with Gasteiger partial charge in [-0.2, -0.15) is 21.4 Å². The topological polar surface area (TPSA) is 52.3 Å². The Balaban J connectivity index is 1.72. The third-order valence-corrected chi connectivity index (χ3v) is 5.05. The molecule has 0 bridgehead atoms. The average molecular weight is 375 g/mol. The number of hydrogen-bond donors (Lipinski definition) is 0. The van der Waals surface area contributed by atoms with Crippen molar-refractivity contribution >= 4 is 51.3 Å². The molecule has 0 aliphatic heterocycles. The maximum absolute atomic E-state index is 6.08. The molecule has 3 aromatic rings. The van der Waals surface area contributed by atoms with Gasteiger partial charge in [0.25, 0.3) is 0 Å². The van der Waals surface area contributed by atoms with Gasteiger partial charge in [-0.05, 0) is 24.0 Å². The van der Waals surface area contributed by atoms with Crippen LogP contribution in [-0.4, -0.2) is 25.6 Å². The monoisotopic (exact) mass is 374 g/mol. The highest BCUT2D eigenvalue weighted by Gasteiger charge is 2.12. The first-order valence-corrected chi connectivity index (χ1v) is 9.25. The van der Waals surface area contributed by atoms with Crippen molar-refractivity contribution in [2.24, 2.45) is 0 Å². The molecule has 0 spiro atoms. The fraction of sp³-hybridized carbons (Fsp3) is 0.308. The van der Waals surface area contributed by atoms with Crippen LogP contribution < -0.4 is 4.74 Å². The van der Waals surface area contributed by atoms with Gasteiger partial charge in [-0.15, -0.1) is 10.2 Å². The van der Waals surface area contributed by atoms with Crippen LogP contribution in [0.5, 0.6) is 5.75 Å². The minimum Gasteiger partial charge on any atom is -0.485 e. The fourth-order valence-corrected chi connectivity index (χ4v) is 3.57. The molecule has 0 aliphatic rings. The van der Waals surface area contributed by atoms with Crippen LogP contribution in [0, 0.1) is 0 Å². The van der Waals surface area contributed by atoms with Crippen molar-refractivity contribution in [1.29, 1.82) is 0 Å². The lowest BCUT2D eigenvalue weighted by molar-refractivity contribution is 0.304. The van der Waals surface area contributed by atoms with Gasteiger partial charge in [0.15, 0.2) is 10.8 Å². The molecule has 0 unspecified atom stereocenters. The normalized spacial score (nSPS) is 11.2. The molecular formula is C13H12Cl2N4OS2. The molecule has 2 aromatic heterocycles. The fourth-order valence-electron chi connectivity index (χ4n) is 1.77. The third kappa shape index (κ3) is 3.48. The second-order valence-corrected chi connectivity index (χ2v) is 7.47. The van der Waals surface area contributed by atoms with Crippen LogP contribution in [0.3, 0.4) is 0 Å². The molecule has 2 heterocycles. The summed E-state index contributed by atoms with van der Waals surface area (Å²) in [5.74, 6) is 3.27. The SMILES string of the molecule is CCSCc1nnc2sc(COc3ccc(Cl)cc3Cl)nn12. The number of nitrogens with zero attached hydrogens (tertiary/aromatic N) is 4. The molecule has 3 rings (SSSR count). The Morgan fingerprint density at radius 2 is 2.18 bits per heavy atom. The van der Waals surface area contributed by atoms with Crippen molar-refractivity contribution < 1.29 is 4.74 Å². The van der Waals surface area contributed by atoms with E-state index in [1.165, 1.54) is 11.3 Å². The van der Waals surface area contributed by atoms with Crippen molar-refractivity contribution in [3.63, 3.8) is 0 Å². The molecule has 0 saturated heterocycles. The Hall–Kier alpha value is -1.02. The van der Waals surface area contributed by atoms with Crippen molar-refractivity contribution in [3.05, 3.63) is 39.1 Å². The first-order valence-electron chi connectivity index (χ1n) is 6.53. The second-order valence-electron chi connectivity index (χ2n) is 4.31. The van der Waals surface area contributed by atoms with Gasteiger partial charge in [-0.25, -0.2) is 0 Å². The molecule has 0 saturated carbocycles. The summed E-state index contributed by atoms with van der Waals surface area (Å²) in [6.45, 7) is 2.44. The summed E-state index contributed by atoms with van der Waals surface area (Å²) in [6, 6.07) is 5.13. The van der Waals surface area contributed by atoms with Gasteiger partial charge in [0, 0.05) is 5.02 Å². The van der Waals surface area contributed by atoms with E-state index in [0.717, 1.165) is 27.3 Å². The molecule has 0 N–H and O–H groups in total. The summed E-state index contributed by atoms with van der Waals surface area (Å²) in [5, 5.41) is 14.6. The van der Waals surface area contributed by atoms with E-state index >= 15 is 0 Å². The molecule has 9 heteroatoms. The van der Waals surface area contributed by atoms with Crippen LogP contribution in [0.15, 0.2) is 18.2 Å². The van der Waals surface area contributed by atoms with E-state index in [1.54, 1.807) is 34.5 Å². The molecule has 0 radical (unpaired) electrons. The standard InChI is InChI=1S/C13H12Cl2N4OS2/c1-2-21-7-11-16-17-13-19(11)18-12(22-13)6-20-10-4-3-8(14)5-9(10)15/h3-5H,2,6-7H2,1H3. The Kier molecular flexibility index (Phi) is 5.07. The Labute approximate surface area is 145 Å². The minimum atomic E-state index is 0.329. The van der Waals surface area contributed by atoms with E-state index in [4.69, 9.17) is 27.9 Å². The van der Waals surface area contributed by atoms with Gasteiger partial charge in [0.2, 0.25) is 4.96 Å². The van der Waals surface area contributed by atoms with Crippen LogP contribution in [0.2, 0.25) is 10.0 Å². The molecule has 0 aliphatic carbocycles. The Morgan fingerprint density at radius 1 is 1.32 bits per heavy atom. The highest BCUT2D eigenvalue weighted by Crippen LogP contribution is 2.28. The molecule has 22 heavy (non-hydrogen) atoms. The number of aromatic nitrogens is 4. The van der Waals surface area contributed by atoms with E-state index in [-0.39, 0.29) is 0 Å². The molecule has 0 amide bonds. The maximum atomic E-state index is 6.08. The highest BCUT2D eigenvalue weighted by atomic mass is 35.5. The van der Waals surface area contributed by atoms with Crippen molar-refractivity contribution in [2.75, 3.05) is 5.75 Å². The lowest BCUT2D eigenvalue weighted by Gasteiger charge is -2.05. The lowest BCUT2D eigenvalue weighted by atomic mass is 10.3. The number of benzene rings is 1. The van der Waals surface area contributed by atoms with Crippen LogP contribution >= 0.6 is 46.3 Å². The Bertz CT molecular complexity index is 790. The van der Waals surface area contributed by atoms with Gasteiger partial charge in [0.05, 0.1) is 10.8 Å². The number of ether oxygens (including phenoxy) is 1. The Morgan fingerprint density at radius 3 is 2.95 bits per heavy atom. The summed E-state index contributed by atoms with van der Waals surface area (Å²) in [7, 11) is 0. The van der Waals surface area contributed by atoms with E-state index < -0.39 is 0 Å². The molecule has 116 valence electrons. The molecule has 1 aromatic carbocycles. The first kappa shape index (κ1) is 15.9. The summed E-state index contributed by atoms with van der Waals surface area (Å²) in [4.78, 5) is 0.771. The van der Waals surface area contributed by atoms with Crippen LogP contribution in [0.1, 0.15) is 17.8 Å². The number of halogens is 2. The quantitative estimate of drug-likeness (QED) is 0.642. The van der Waals surface area contributed by atoms with Crippen molar-refractivity contribution in [1.82, 2.24) is 19.8 Å². The zero-order valence-corrected chi connectivity index (χ0v) is 14.8. The molecular weight excluding hydrogens is 363 g/mol. The average Bonchev–Trinajstić information content (AvgIpc) is 3.04. The first-order chi connectivity index (χ1) is 10.7. The van der Waals surface area contributed by atoms with E-state index in [0.29, 0.717) is 22.4 Å². The summed E-state index contributed by atoms with van der Waals surface area (Å²) in [6.07, 6.45) is 0. The molecule has 0 atom stereocenters. The second kappa shape index (κ2) is 7.04. The van der Waals surface area contributed by atoms with Gasteiger partial charge in [-0.1, -0.05) is 41.5 Å². The minimum absolute atomic E-state index is 0.329. The number of hydrogen-bond acceptors (Lipinski definition) is 6. The zero-order chi connectivity index (χ0) is 15.5. The van der Waals surface area contributed by atoms with Crippen molar-refractivity contribution in [2.45, 2.75) is 19.3 Å². The number of fused-ring (bicyclic) bond motifs is 1. The smallest absolute Gasteiger partial charge is 0.234 e. The van der Waals surface area contributed by atoms with Crippen LogP contribution in [0.25, 0.3) is 4.96 Å². The largest absolute Gasteiger partial charge is 0.485 e. The lowest BCUT2D eigenvalue weighted by Crippen LogP contribution is -1.99. The van der Waals surface area contributed by atoms with E-state index in [9.17, 15) is 0 Å². The van der Waals surface area contributed by atoms with E-state index in [1.807, 2.05) is 0 Å². The molecule has 0 fully saturated rings. The summed E-state index contributed by atoms with van der Waals surface area (Å²) >= 11 is 15.2. The van der Waals surface area contributed by atoms with Gasteiger partial charge in [-0.3, -0.25) is 0 Å². The van der Waals surface area contributed by atoms with Gasteiger partial charge in [0.1, 0.15) is 12.4 Å². The van der Waals surface area contributed by atoms with Gasteiger partial charge < -0.3 is 4.74 Å². The molecule has 5 nitrogen and oxygen atoms in total. The maximum Gasteiger partial charge on any atom is 0.234 e. The van der Waals surface area contributed by atoms with Gasteiger partial charge >= 0.3 is 0 Å². The summed E-state index contributed by atoms with van der Waals surface area (Å²) in [5.41, 5.74) is 0. The van der Waals surface area contributed by atoms with E-state index in [2.05, 4.69) is 22.2 Å². The third-order valence-electron chi connectivity index (χ3n) is 2.78. The van der Waals surface area contributed by atoms with Crippen LogP contribution in [0.4, 0.5) is 0 Å².